The van der Waals surface area contributed by atoms with Crippen LogP contribution in [0.1, 0.15) is 60.8 Å². The van der Waals surface area contributed by atoms with Gasteiger partial charge in [0, 0.05) is 6.04 Å². The van der Waals surface area contributed by atoms with E-state index in [2.05, 4.69) is 45.6 Å². The van der Waals surface area contributed by atoms with Crippen molar-refractivity contribution in [1.82, 2.24) is 5.32 Å². The molecular weight excluding hydrogens is 242 g/mol. The monoisotopic (exact) mass is 271 g/mol. The predicted octanol–water partition coefficient (Wildman–Crippen LogP) is 3.66. The number of amides is 1. The van der Waals surface area contributed by atoms with Crippen molar-refractivity contribution in [3.63, 3.8) is 0 Å². The number of carbonyl (C=O) groups is 1. The second kappa shape index (κ2) is 5.44. The van der Waals surface area contributed by atoms with Crippen molar-refractivity contribution in [3.8, 4) is 0 Å². The van der Waals surface area contributed by atoms with Gasteiger partial charge in [-0.2, -0.15) is 12.6 Å². The Balaban J connectivity index is 2.65. The van der Waals surface area contributed by atoms with Gasteiger partial charge in [0.2, 0.25) is 5.91 Å². The van der Waals surface area contributed by atoms with Crippen molar-refractivity contribution >= 4 is 18.5 Å². The van der Waals surface area contributed by atoms with Gasteiger partial charge in [-0.05, 0) is 36.0 Å². The molecule has 0 aromatic rings. The minimum Gasteiger partial charge on any atom is -0.352 e. The van der Waals surface area contributed by atoms with E-state index in [1.165, 1.54) is 6.42 Å². The predicted molar refractivity (Wildman–Crippen MR) is 81.0 cm³/mol. The molecule has 106 valence electrons. The molecule has 0 aliphatic heterocycles. The molecule has 1 rings (SSSR count). The van der Waals surface area contributed by atoms with Crippen LogP contribution in [0.5, 0.6) is 0 Å². The first-order chi connectivity index (χ1) is 8.02. The Hall–Kier alpha value is -0.180. The Kier molecular flexibility index (Phi) is 4.80. The van der Waals surface area contributed by atoms with Crippen molar-refractivity contribution in [3.05, 3.63) is 0 Å². The quantitative estimate of drug-likeness (QED) is 0.754. The number of thiol groups is 1. The van der Waals surface area contributed by atoms with Crippen LogP contribution in [0.3, 0.4) is 0 Å². The molecule has 1 aliphatic rings. The molecule has 1 fully saturated rings. The van der Waals surface area contributed by atoms with Crippen molar-refractivity contribution in [2.24, 2.45) is 16.7 Å². The summed E-state index contributed by atoms with van der Waals surface area (Å²) in [5.74, 6) is 0.366. The molecule has 0 spiro atoms. The van der Waals surface area contributed by atoms with E-state index in [1.54, 1.807) is 0 Å². The van der Waals surface area contributed by atoms with Gasteiger partial charge in [-0.15, -0.1) is 0 Å². The van der Waals surface area contributed by atoms with Gasteiger partial charge in [0.05, 0.1) is 5.25 Å². The van der Waals surface area contributed by atoms with Gasteiger partial charge in [0.15, 0.2) is 0 Å². The lowest BCUT2D eigenvalue weighted by Crippen LogP contribution is -2.48. The largest absolute Gasteiger partial charge is 0.352 e. The highest BCUT2D eigenvalue weighted by Crippen LogP contribution is 2.45. The van der Waals surface area contributed by atoms with Crippen LogP contribution >= 0.6 is 12.6 Å². The molecule has 0 heterocycles. The van der Waals surface area contributed by atoms with Gasteiger partial charge in [0.25, 0.3) is 0 Å². The standard InChI is InChI=1S/C15H29NOS/c1-10(2)12(18)13(17)16-11-7-14(3,4)9-15(5,6)8-11/h10-12,18H,7-9H2,1-6H3,(H,16,17). The van der Waals surface area contributed by atoms with Crippen LogP contribution in [0.15, 0.2) is 0 Å². The zero-order valence-electron chi connectivity index (χ0n) is 12.7. The molecule has 0 bridgehead atoms. The first-order valence-electron chi connectivity index (χ1n) is 7.01. The molecule has 1 saturated carbocycles. The minimum atomic E-state index is -0.196. The summed E-state index contributed by atoms with van der Waals surface area (Å²) in [4.78, 5) is 12.1. The van der Waals surface area contributed by atoms with Crippen molar-refractivity contribution in [2.75, 3.05) is 0 Å². The van der Waals surface area contributed by atoms with E-state index < -0.39 is 0 Å². The van der Waals surface area contributed by atoms with E-state index >= 15 is 0 Å². The molecule has 1 amide bonds. The molecule has 0 saturated heterocycles. The molecule has 1 aliphatic carbocycles. The summed E-state index contributed by atoms with van der Waals surface area (Å²) >= 11 is 4.39. The molecule has 2 nitrogen and oxygen atoms in total. The fourth-order valence-corrected chi connectivity index (χ4v) is 3.61. The summed E-state index contributed by atoms with van der Waals surface area (Å²) in [6.07, 6.45) is 3.36. The highest BCUT2D eigenvalue weighted by atomic mass is 32.1. The summed E-state index contributed by atoms with van der Waals surface area (Å²) in [5.41, 5.74) is 0.618. The average molecular weight is 271 g/mol. The van der Waals surface area contributed by atoms with Gasteiger partial charge in [-0.25, -0.2) is 0 Å². The maximum Gasteiger partial charge on any atom is 0.233 e. The highest BCUT2D eigenvalue weighted by molar-refractivity contribution is 7.81. The Morgan fingerprint density at radius 3 is 2.00 bits per heavy atom. The lowest BCUT2D eigenvalue weighted by atomic mass is 9.63. The van der Waals surface area contributed by atoms with E-state index in [0.717, 1.165) is 12.8 Å². The Morgan fingerprint density at radius 1 is 1.17 bits per heavy atom. The number of rotatable bonds is 3. The van der Waals surface area contributed by atoms with E-state index in [1.807, 2.05) is 13.8 Å². The minimum absolute atomic E-state index is 0.0897. The van der Waals surface area contributed by atoms with E-state index in [4.69, 9.17) is 0 Å². The van der Waals surface area contributed by atoms with E-state index in [0.29, 0.717) is 16.9 Å². The van der Waals surface area contributed by atoms with E-state index in [-0.39, 0.29) is 17.1 Å². The third-order valence-electron chi connectivity index (χ3n) is 3.80. The summed E-state index contributed by atoms with van der Waals surface area (Å²) in [7, 11) is 0. The molecule has 0 radical (unpaired) electrons. The zero-order valence-corrected chi connectivity index (χ0v) is 13.6. The highest BCUT2D eigenvalue weighted by Gasteiger charge is 2.39. The van der Waals surface area contributed by atoms with Crippen LogP contribution in [-0.2, 0) is 4.79 Å². The van der Waals surface area contributed by atoms with Crippen molar-refractivity contribution in [1.29, 1.82) is 0 Å². The van der Waals surface area contributed by atoms with Crippen LogP contribution in [0.2, 0.25) is 0 Å². The second-order valence-corrected chi connectivity index (χ2v) is 8.36. The van der Waals surface area contributed by atoms with Gasteiger partial charge < -0.3 is 5.32 Å². The normalized spacial score (nSPS) is 24.9. The molecule has 1 unspecified atom stereocenters. The van der Waals surface area contributed by atoms with Crippen LogP contribution in [-0.4, -0.2) is 17.2 Å². The summed E-state index contributed by atoms with van der Waals surface area (Å²) in [6.45, 7) is 13.3. The third kappa shape index (κ3) is 4.49. The molecule has 0 aromatic heterocycles. The Morgan fingerprint density at radius 2 is 1.61 bits per heavy atom. The van der Waals surface area contributed by atoms with Gasteiger partial charge >= 0.3 is 0 Å². The van der Waals surface area contributed by atoms with Crippen LogP contribution < -0.4 is 5.32 Å². The van der Waals surface area contributed by atoms with Gasteiger partial charge in [0.1, 0.15) is 0 Å². The third-order valence-corrected chi connectivity index (χ3v) is 4.63. The topological polar surface area (TPSA) is 29.1 Å². The SMILES string of the molecule is CC(C)C(S)C(=O)NC1CC(C)(C)CC(C)(C)C1. The molecule has 0 aromatic carbocycles. The summed E-state index contributed by atoms with van der Waals surface area (Å²) in [5, 5.41) is 3.00. The van der Waals surface area contributed by atoms with Crippen molar-refractivity contribution < 1.29 is 4.79 Å². The summed E-state index contributed by atoms with van der Waals surface area (Å²) in [6, 6.07) is 0.296. The molecule has 1 N–H and O–H groups in total. The maximum absolute atomic E-state index is 12.1. The Labute approximate surface area is 118 Å². The number of hydrogen-bond acceptors (Lipinski definition) is 2. The molecular formula is C15H29NOS. The number of carbonyl (C=O) groups excluding carboxylic acids is 1. The van der Waals surface area contributed by atoms with Crippen LogP contribution in [0.4, 0.5) is 0 Å². The molecule has 18 heavy (non-hydrogen) atoms. The van der Waals surface area contributed by atoms with E-state index in [9.17, 15) is 4.79 Å². The van der Waals surface area contributed by atoms with Gasteiger partial charge in [-0.1, -0.05) is 41.5 Å². The first-order valence-corrected chi connectivity index (χ1v) is 7.52. The molecule has 1 atom stereocenters. The van der Waals surface area contributed by atoms with Crippen LogP contribution in [0, 0.1) is 16.7 Å². The zero-order chi connectivity index (χ0) is 14.1. The average Bonchev–Trinajstić information content (AvgIpc) is 2.10. The first kappa shape index (κ1) is 15.9. The maximum atomic E-state index is 12.1. The molecule has 3 heteroatoms. The lowest BCUT2D eigenvalue weighted by molar-refractivity contribution is -0.122. The van der Waals surface area contributed by atoms with Crippen molar-refractivity contribution in [2.45, 2.75) is 72.1 Å². The van der Waals surface area contributed by atoms with Gasteiger partial charge in [-0.3, -0.25) is 4.79 Å². The fourth-order valence-electron chi connectivity index (χ4n) is 3.54. The summed E-state index contributed by atoms with van der Waals surface area (Å²) < 4.78 is 0. The fraction of sp³-hybridized carbons (Fsp3) is 0.933. The number of nitrogens with one attached hydrogen (secondary N) is 1. The Bertz CT molecular complexity index is 294. The second-order valence-electron chi connectivity index (χ2n) is 7.81. The smallest absolute Gasteiger partial charge is 0.233 e. The number of hydrogen-bond donors (Lipinski definition) is 2. The lowest BCUT2D eigenvalue weighted by Gasteiger charge is -2.45. The van der Waals surface area contributed by atoms with Crippen LogP contribution in [0.25, 0.3) is 0 Å².